The van der Waals surface area contributed by atoms with Crippen molar-refractivity contribution in [1.29, 1.82) is 0 Å². The highest BCUT2D eigenvalue weighted by Crippen LogP contribution is 2.44. The van der Waals surface area contributed by atoms with E-state index < -0.39 is 34.4 Å². The quantitative estimate of drug-likeness (QED) is 0.353. The highest BCUT2D eigenvalue weighted by molar-refractivity contribution is 6.34. The molecule has 0 aliphatic carbocycles. The second-order valence-electron chi connectivity index (χ2n) is 10.5. The van der Waals surface area contributed by atoms with E-state index in [1.54, 1.807) is 6.92 Å². The van der Waals surface area contributed by atoms with Crippen molar-refractivity contribution in [3.8, 4) is 17.3 Å². The fraction of sp³-hybridized carbons (Fsp3) is 0.500. The fourth-order valence-corrected chi connectivity index (χ4v) is 5.56. The number of pyridine rings is 1. The van der Waals surface area contributed by atoms with Gasteiger partial charge in [0.05, 0.1) is 28.5 Å². The van der Waals surface area contributed by atoms with Gasteiger partial charge in [-0.05, 0) is 44.4 Å². The van der Waals surface area contributed by atoms with Crippen LogP contribution < -0.4 is 20.7 Å². The third-order valence-corrected chi connectivity index (χ3v) is 7.75. The Bertz CT molecular complexity index is 1440. The Labute approximate surface area is 232 Å². The Hall–Kier alpha value is -3.00. The number of aliphatic hydroxyl groups excluding tert-OH is 1. The lowest BCUT2D eigenvalue weighted by molar-refractivity contribution is -0.137. The molecule has 216 valence electrons. The average molecular weight is 585 g/mol. The van der Waals surface area contributed by atoms with Crippen LogP contribution in [0.15, 0.2) is 12.1 Å². The summed E-state index contributed by atoms with van der Waals surface area (Å²) >= 11 is 6.50. The minimum absolute atomic E-state index is 0.173. The first kappa shape index (κ1) is 28.5. The number of hydrogen-bond acceptors (Lipinski definition) is 9. The molecule has 9 nitrogen and oxygen atoms in total. The zero-order chi connectivity index (χ0) is 29.0. The molecule has 14 heteroatoms. The maximum atomic E-state index is 16.4. The summed E-state index contributed by atoms with van der Waals surface area (Å²) in [6, 6.07) is 2.59. The molecule has 2 aliphatic rings. The van der Waals surface area contributed by atoms with Crippen LogP contribution in [-0.4, -0.2) is 71.2 Å². The summed E-state index contributed by atoms with van der Waals surface area (Å²) in [5, 5.41) is 13.1. The lowest BCUT2D eigenvalue weighted by Gasteiger charge is -2.34. The summed E-state index contributed by atoms with van der Waals surface area (Å²) in [7, 11) is 1.40. The summed E-state index contributed by atoms with van der Waals surface area (Å²) in [6.07, 6.45) is -2.92. The van der Waals surface area contributed by atoms with Gasteiger partial charge in [-0.3, -0.25) is 0 Å². The molecule has 4 heterocycles. The van der Waals surface area contributed by atoms with Crippen LogP contribution in [0.5, 0.6) is 6.01 Å². The maximum absolute atomic E-state index is 16.4. The molecule has 1 aromatic carbocycles. The first-order valence-corrected chi connectivity index (χ1v) is 13.1. The predicted octanol–water partition coefficient (Wildman–Crippen LogP) is 4.11. The number of aromatic nitrogens is 3. The number of ether oxygens (including phenoxy) is 2. The number of nitrogen functional groups attached to an aromatic ring is 1. The van der Waals surface area contributed by atoms with E-state index >= 15 is 4.39 Å². The summed E-state index contributed by atoms with van der Waals surface area (Å²) in [4.78, 5) is 14.6. The van der Waals surface area contributed by atoms with Crippen molar-refractivity contribution in [1.82, 2.24) is 20.3 Å². The molecule has 2 saturated heterocycles. The van der Waals surface area contributed by atoms with E-state index in [0.717, 1.165) is 18.9 Å². The Morgan fingerprint density at radius 1 is 1.18 bits per heavy atom. The topological polar surface area (TPSA) is 119 Å². The second-order valence-corrected chi connectivity index (χ2v) is 10.9. The molecule has 2 aliphatic heterocycles. The van der Waals surface area contributed by atoms with Gasteiger partial charge in [-0.15, -0.1) is 0 Å². The zero-order valence-corrected chi connectivity index (χ0v) is 22.8. The monoisotopic (exact) mass is 584 g/mol. The molecule has 2 aromatic heterocycles. The van der Waals surface area contributed by atoms with Gasteiger partial charge in [0.1, 0.15) is 29.4 Å². The number of hydrogen-bond donors (Lipinski definition) is 3. The first-order chi connectivity index (χ1) is 18.8. The van der Waals surface area contributed by atoms with Crippen molar-refractivity contribution in [2.75, 3.05) is 44.0 Å². The van der Waals surface area contributed by atoms with E-state index in [9.17, 15) is 18.3 Å². The molecule has 2 bridgehead atoms. The molecule has 4 N–H and O–H groups in total. The normalized spacial score (nSPS) is 20.7. The lowest BCUT2D eigenvalue weighted by atomic mass is 9.99. The molecule has 2 fully saturated rings. The van der Waals surface area contributed by atoms with Gasteiger partial charge >= 0.3 is 12.2 Å². The van der Waals surface area contributed by atoms with Crippen LogP contribution in [0.2, 0.25) is 5.02 Å². The third kappa shape index (κ3) is 5.22. The Morgan fingerprint density at radius 2 is 1.85 bits per heavy atom. The van der Waals surface area contributed by atoms with Gasteiger partial charge < -0.3 is 30.5 Å². The van der Waals surface area contributed by atoms with Crippen LogP contribution in [0.4, 0.5) is 29.2 Å². The highest BCUT2D eigenvalue weighted by atomic mass is 35.5. The van der Waals surface area contributed by atoms with Gasteiger partial charge in [-0.2, -0.15) is 23.1 Å². The molecule has 3 unspecified atom stereocenters. The maximum Gasteiger partial charge on any atom is 0.418 e. The number of methoxy groups -OCH3 is 1. The van der Waals surface area contributed by atoms with Crippen molar-refractivity contribution < 1.29 is 32.1 Å². The van der Waals surface area contributed by atoms with Gasteiger partial charge in [-0.25, -0.2) is 9.37 Å². The molecule has 3 atom stereocenters. The molecule has 0 amide bonds. The number of aryl methyl sites for hydroxylation is 1. The van der Waals surface area contributed by atoms with Crippen molar-refractivity contribution in [3.05, 3.63) is 34.1 Å². The molecular weight excluding hydrogens is 556 g/mol. The molecule has 0 spiro atoms. The zero-order valence-electron chi connectivity index (χ0n) is 22.1. The Balaban J connectivity index is 1.72. The fourth-order valence-electron chi connectivity index (χ4n) is 5.28. The van der Waals surface area contributed by atoms with Gasteiger partial charge in [0.2, 0.25) is 0 Å². The molecule has 5 rings (SSSR count). The van der Waals surface area contributed by atoms with E-state index in [1.807, 2.05) is 4.90 Å². The lowest BCUT2D eigenvalue weighted by Crippen LogP contribution is -2.51. The number of halogens is 5. The van der Waals surface area contributed by atoms with Crippen molar-refractivity contribution in [3.63, 3.8) is 0 Å². The van der Waals surface area contributed by atoms with Crippen LogP contribution in [0.1, 0.15) is 30.9 Å². The van der Waals surface area contributed by atoms with Gasteiger partial charge in [0.15, 0.2) is 5.82 Å². The van der Waals surface area contributed by atoms with E-state index in [2.05, 4.69) is 20.3 Å². The Kier molecular flexibility index (Phi) is 7.44. The van der Waals surface area contributed by atoms with Crippen LogP contribution in [0, 0.1) is 12.7 Å². The van der Waals surface area contributed by atoms with E-state index in [1.165, 1.54) is 20.1 Å². The minimum atomic E-state index is -4.86. The van der Waals surface area contributed by atoms with Gasteiger partial charge in [0, 0.05) is 37.7 Å². The first-order valence-electron chi connectivity index (χ1n) is 12.7. The van der Waals surface area contributed by atoms with E-state index in [0.29, 0.717) is 18.9 Å². The summed E-state index contributed by atoms with van der Waals surface area (Å²) in [5.41, 5.74) is 1.70. The number of fused-ring (bicyclic) bond motifs is 3. The SMILES string of the molecule is COC(C)(CO)COc1nc(N2CC3CCC(C2)N3)c2cc(Cl)c(-c3nc(N)cc(C)c3C(F)(F)F)c(F)c2n1. The van der Waals surface area contributed by atoms with Crippen LogP contribution >= 0.6 is 11.6 Å². The van der Waals surface area contributed by atoms with Gasteiger partial charge in [-0.1, -0.05) is 11.6 Å². The number of benzene rings is 1. The molecule has 3 aromatic rings. The largest absolute Gasteiger partial charge is 0.460 e. The molecule has 0 saturated carbocycles. The number of alkyl halides is 3. The average Bonchev–Trinajstić information content (AvgIpc) is 3.23. The number of nitrogens with two attached hydrogens (primary N) is 1. The summed E-state index contributed by atoms with van der Waals surface area (Å²) in [6.45, 7) is 3.42. The second kappa shape index (κ2) is 10.4. The number of nitrogens with one attached hydrogen (secondary N) is 1. The molecular formula is C26H29ClF4N6O3. The number of nitrogens with zero attached hydrogens (tertiary/aromatic N) is 4. The summed E-state index contributed by atoms with van der Waals surface area (Å²) in [5.74, 6) is -1.00. The predicted molar refractivity (Wildman–Crippen MR) is 142 cm³/mol. The Morgan fingerprint density at radius 3 is 2.45 bits per heavy atom. The number of aliphatic hydroxyl groups is 1. The summed E-state index contributed by atoms with van der Waals surface area (Å²) < 4.78 is 69.7. The van der Waals surface area contributed by atoms with Crippen LogP contribution in [0.25, 0.3) is 22.2 Å². The molecule has 0 radical (unpaired) electrons. The number of rotatable bonds is 7. The van der Waals surface area contributed by atoms with E-state index in [-0.39, 0.29) is 58.6 Å². The minimum Gasteiger partial charge on any atom is -0.460 e. The number of piperazine rings is 1. The highest BCUT2D eigenvalue weighted by Gasteiger charge is 2.39. The van der Waals surface area contributed by atoms with Gasteiger partial charge in [0.25, 0.3) is 0 Å². The van der Waals surface area contributed by atoms with Crippen molar-refractivity contribution >= 4 is 34.1 Å². The number of anilines is 2. The molecule has 40 heavy (non-hydrogen) atoms. The van der Waals surface area contributed by atoms with Crippen molar-refractivity contribution in [2.45, 2.75) is 50.6 Å². The standard InChI is InChI=1S/C26H29ClF4N6O3/c1-12-6-17(32)34-22(19(12)26(29,30)31)18-16(27)7-15-21(20(18)28)35-24(40-11-25(2,10-38)39-3)36-23(15)37-8-13-4-5-14(9-37)33-13/h6-7,13-14,33,38H,4-5,8-11H2,1-3H3,(H2,32,34). The van der Waals surface area contributed by atoms with Crippen LogP contribution in [0.3, 0.4) is 0 Å². The van der Waals surface area contributed by atoms with E-state index in [4.69, 9.17) is 26.8 Å². The third-order valence-electron chi connectivity index (χ3n) is 7.45. The smallest absolute Gasteiger partial charge is 0.418 e. The van der Waals surface area contributed by atoms with Crippen LogP contribution in [-0.2, 0) is 10.9 Å². The van der Waals surface area contributed by atoms with Crippen molar-refractivity contribution in [2.24, 2.45) is 0 Å².